The molecule has 3 aromatic heterocycles. The Balaban J connectivity index is 1.53. The Labute approximate surface area is 222 Å². The van der Waals surface area contributed by atoms with Crippen molar-refractivity contribution in [2.75, 3.05) is 13.1 Å². The van der Waals surface area contributed by atoms with Gasteiger partial charge in [0.2, 0.25) is 0 Å². The van der Waals surface area contributed by atoms with E-state index in [1.54, 1.807) is 23.1 Å². The number of fused-ring (bicyclic) bond motifs is 1. The van der Waals surface area contributed by atoms with E-state index in [0.29, 0.717) is 55.0 Å². The van der Waals surface area contributed by atoms with Crippen molar-refractivity contribution < 1.29 is 13.2 Å². The number of aryl methyl sites for hydroxylation is 1. The van der Waals surface area contributed by atoms with Crippen molar-refractivity contribution in [3.05, 3.63) is 68.6 Å². The fourth-order valence-corrected chi connectivity index (χ4v) is 5.39. The molecule has 39 heavy (non-hydrogen) atoms. The van der Waals surface area contributed by atoms with Crippen molar-refractivity contribution in [3.63, 3.8) is 0 Å². The molecule has 2 N–H and O–H groups in total. The van der Waals surface area contributed by atoms with Crippen LogP contribution in [0.4, 0.5) is 13.2 Å². The zero-order valence-electron chi connectivity index (χ0n) is 22.0. The average molecular weight is 544 g/mol. The number of imidazole rings is 1. The van der Waals surface area contributed by atoms with Crippen LogP contribution < -0.4 is 16.6 Å². The first-order valence-electron chi connectivity index (χ1n) is 13.4. The molecular weight excluding hydrogens is 511 g/mol. The van der Waals surface area contributed by atoms with E-state index in [1.807, 2.05) is 13.8 Å². The van der Waals surface area contributed by atoms with Crippen LogP contribution in [0.5, 0.6) is 0 Å². The highest BCUT2D eigenvalue weighted by molar-refractivity contribution is 5.75. The van der Waals surface area contributed by atoms with Gasteiger partial charge in [0, 0.05) is 25.8 Å². The van der Waals surface area contributed by atoms with Crippen LogP contribution in [0, 0.1) is 5.92 Å². The van der Waals surface area contributed by atoms with Crippen molar-refractivity contribution in [2.24, 2.45) is 5.92 Å². The first-order valence-corrected chi connectivity index (χ1v) is 13.4. The van der Waals surface area contributed by atoms with Crippen molar-refractivity contribution in [2.45, 2.75) is 64.8 Å². The maximum absolute atomic E-state index is 13.3. The van der Waals surface area contributed by atoms with Gasteiger partial charge in [0.1, 0.15) is 11.3 Å². The molecule has 0 amide bonds. The molecule has 5 rings (SSSR count). The molecule has 1 aliphatic rings. The lowest BCUT2D eigenvalue weighted by Gasteiger charge is -2.24. The highest BCUT2D eigenvalue weighted by Crippen LogP contribution is 2.33. The van der Waals surface area contributed by atoms with Gasteiger partial charge in [-0.15, -0.1) is 0 Å². The van der Waals surface area contributed by atoms with Crippen LogP contribution in [0.3, 0.4) is 0 Å². The summed E-state index contributed by atoms with van der Waals surface area (Å²) in [6.07, 6.45) is 1.64. The molecule has 1 aromatic carbocycles. The molecule has 1 aliphatic heterocycles. The van der Waals surface area contributed by atoms with E-state index in [2.05, 4.69) is 20.4 Å². The molecule has 0 bridgehead atoms. The largest absolute Gasteiger partial charge is 0.416 e. The molecule has 0 radical (unpaired) electrons. The fourth-order valence-electron chi connectivity index (χ4n) is 5.39. The van der Waals surface area contributed by atoms with Crippen molar-refractivity contribution in [1.29, 1.82) is 0 Å². The van der Waals surface area contributed by atoms with Gasteiger partial charge in [-0.05, 0) is 49.8 Å². The number of nitrogens with zero attached hydrogens (tertiary/aromatic N) is 5. The molecule has 12 heteroatoms. The number of H-pyrrole nitrogens is 1. The number of rotatable bonds is 9. The maximum atomic E-state index is 13.3. The number of benzene rings is 1. The van der Waals surface area contributed by atoms with Gasteiger partial charge in [0.25, 0.3) is 5.56 Å². The highest BCUT2D eigenvalue weighted by Gasteiger charge is 2.32. The lowest BCUT2D eigenvalue weighted by molar-refractivity contribution is -0.137. The van der Waals surface area contributed by atoms with Crippen LogP contribution in [-0.2, 0) is 25.7 Å². The number of hydrogen-bond donors (Lipinski definition) is 2. The average Bonchev–Trinajstić information content (AvgIpc) is 3.68. The van der Waals surface area contributed by atoms with E-state index < -0.39 is 17.3 Å². The van der Waals surface area contributed by atoms with Crippen molar-refractivity contribution in [1.82, 2.24) is 34.2 Å². The summed E-state index contributed by atoms with van der Waals surface area (Å²) < 4.78 is 44.5. The summed E-state index contributed by atoms with van der Waals surface area (Å²) in [4.78, 5) is 33.8. The summed E-state index contributed by atoms with van der Waals surface area (Å²) in [6, 6.07) is 5.25. The van der Waals surface area contributed by atoms with Crippen LogP contribution in [-0.4, -0.2) is 42.0 Å². The van der Waals surface area contributed by atoms with Gasteiger partial charge < -0.3 is 10.3 Å². The Hall–Kier alpha value is -3.67. The Bertz CT molecular complexity index is 1570. The van der Waals surface area contributed by atoms with Gasteiger partial charge in [-0.1, -0.05) is 32.0 Å². The SMILES string of the molecule is CCCn1c(=O)c2[nH]c(-c3cnn(C(Cc4cccc(C(F)(F)F)c4)C4CCNC4)c3)nc2n(CCC)c1=O. The summed E-state index contributed by atoms with van der Waals surface area (Å²) in [6.45, 7) is 6.17. The van der Waals surface area contributed by atoms with E-state index in [9.17, 15) is 22.8 Å². The van der Waals surface area contributed by atoms with E-state index in [1.165, 1.54) is 21.3 Å². The minimum atomic E-state index is -4.41. The summed E-state index contributed by atoms with van der Waals surface area (Å²) >= 11 is 0. The monoisotopic (exact) mass is 543 g/mol. The van der Waals surface area contributed by atoms with Gasteiger partial charge in [-0.25, -0.2) is 9.78 Å². The molecule has 9 nitrogen and oxygen atoms in total. The Morgan fingerprint density at radius 2 is 1.90 bits per heavy atom. The summed E-state index contributed by atoms with van der Waals surface area (Å²) in [5, 5.41) is 7.91. The summed E-state index contributed by atoms with van der Waals surface area (Å²) in [5.74, 6) is 0.591. The van der Waals surface area contributed by atoms with E-state index in [-0.39, 0.29) is 23.2 Å². The maximum Gasteiger partial charge on any atom is 0.416 e. The number of aromatic amines is 1. The lowest BCUT2D eigenvalue weighted by atomic mass is 9.92. The summed E-state index contributed by atoms with van der Waals surface area (Å²) in [5.41, 5.74) is 0.334. The number of alkyl halides is 3. The molecule has 2 atom stereocenters. The van der Waals surface area contributed by atoms with E-state index >= 15 is 0 Å². The standard InChI is InChI=1S/C27H32F3N7O2/c1-3-10-35-24-22(25(38)36(11-4-2)26(35)39)33-23(34-24)19-15-32-37(16-19)21(18-8-9-31-14-18)13-17-6-5-7-20(12-17)27(28,29)30/h5-7,12,15-16,18,21,31H,3-4,8-11,13-14H2,1-2H3,(H,33,34). The predicted molar refractivity (Wildman–Crippen MR) is 142 cm³/mol. The molecule has 4 aromatic rings. The molecule has 4 heterocycles. The Morgan fingerprint density at radius 1 is 1.13 bits per heavy atom. The number of halogens is 3. The third kappa shape index (κ3) is 5.29. The normalized spacial score (nSPS) is 16.8. The smallest absolute Gasteiger partial charge is 0.332 e. The number of hydrogen-bond acceptors (Lipinski definition) is 5. The Morgan fingerprint density at radius 3 is 2.59 bits per heavy atom. The molecule has 1 saturated heterocycles. The molecule has 0 spiro atoms. The third-order valence-corrected chi connectivity index (χ3v) is 7.31. The molecular formula is C27H32F3N7O2. The van der Waals surface area contributed by atoms with Crippen LogP contribution >= 0.6 is 0 Å². The van der Waals surface area contributed by atoms with Gasteiger partial charge >= 0.3 is 11.9 Å². The molecule has 0 saturated carbocycles. The first kappa shape index (κ1) is 26.9. The minimum absolute atomic E-state index is 0.179. The van der Waals surface area contributed by atoms with Crippen LogP contribution in [0.2, 0.25) is 0 Å². The molecule has 2 unspecified atom stereocenters. The quantitative estimate of drug-likeness (QED) is 0.333. The van der Waals surface area contributed by atoms with E-state index in [0.717, 1.165) is 25.6 Å². The number of nitrogens with one attached hydrogen (secondary N) is 2. The van der Waals surface area contributed by atoms with Crippen LogP contribution in [0.15, 0.2) is 46.2 Å². The molecule has 0 aliphatic carbocycles. The summed E-state index contributed by atoms with van der Waals surface area (Å²) in [7, 11) is 0. The number of aromatic nitrogens is 6. The molecule has 208 valence electrons. The minimum Gasteiger partial charge on any atom is -0.332 e. The highest BCUT2D eigenvalue weighted by atomic mass is 19.4. The second kappa shape index (κ2) is 10.8. The van der Waals surface area contributed by atoms with Crippen LogP contribution in [0.1, 0.15) is 50.3 Å². The fraction of sp³-hybridized carbons (Fsp3) is 0.481. The first-order chi connectivity index (χ1) is 18.7. The molecule has 1 fully saturated rings. The van der Waals surface area contributed by atoms with Crippen molar-refractivity contribution >= 4 is 11.2 Å². The Kier molecular flexibility index (Phi) is 7.48. The second-order valence-electron chi connectivity index (χ2n) is 10.1. The van der Waals surface area contributed by atoms with E-state index in [4.69, 9.17) is 0 Å². The van der Waals surface area contributed by atoms with Crippen molar-refractivity contribution in [3.8, 4) is 11.4 Å². The second-order valence-corrected chi connectivity index (χ2v) is 10.1. The van der Waals surface area contributed by atoms with Crippen LogP contribution in [0.25, 0.3) is 22.6 Å². The lowest BCUT2D eigenvalue weighted by Crippen LogP contribution is -2.40. The third-order valence-electron chi connectivity index (χ3n) is 7.31. The zero-order chi connectivity index (χ0) is 27.7. The zero-order valence-corrected chi connectivity index (χ0v) is 22.0. The van der Waals surface area contributed by atoms with Gasteiger partial charge in [0.05, 0.1) is 23.4 Å². The topological polar surface area (TPSA) is 103 Å². The van der Waals surface area contributed by atoms with Gasteiger partial charge in [0.15, 0.2) is 5.65 Å². The van der Waals surface area contributed by atoms with Gasteiger partial charge in [-0.3, -0.25) is 18.6 Å². The predicted octanol–water partition coefficient (Wildman–Crippen LogP) is 3.98. The van der Waals surface area contributed by atoms with Gasteiger partial charge in [-0.2, -0.15) is 18.3 Å².